The molecular weight excluding hydrogens is 364 g/mol. The van der Waals surface area contributed by atoms with Crippen LogP contribution in [0.15, 0.2) is 42.0 Å². The fourth-order valence-corrected chi connectivity index (χ4v) is 5.11. The number of rotatable bonds is 8. The number of methoxy groups -OCH3 is 1. The van der Waals surface area contributed by atoms with Gasteiger partial charge in [0.1, 0.15) is 13.6 Å². The third-order valence-electron chi connectivity index (χ3n) is 6.94. The second-order valence-corrected chi connectivity index (χ2v) is 9.70. The predicted molar refractivity (Wildman–Crippen MR) is 115 cm³/mol. The third kappa shape index (κ3) is 5.29. The fourth-order valence-electron chi connectivity index (χ4n) is 5.11. The lowest BCUT2D eigenvalue weighted by Crippen LogP contribution is -2.49. The van der Waals surface area contributed by atoms with E-state index in [0.717, 1.165) is 31.2 Å². The van der Waals surface area contributed by atoms with Crippen LogP contribution >= 0.6 is 0 Å². The first-order valence-corrected chi connectivity index (χ1v) is 10.9. The molecule has 0 heterocycles. The van der Waals surface area contributed by atoms with Gasteiger partial charge in [-0.15, -0.1) is 0 Å². The molecule has 1 unspecified atom stereocenters. The smallest absolute Gasteiger partial charge is 0.147 e. The van der Waals surface area contributed by atoms with Gasteiger partial charge in [0, 0.05) is 7.11 Å². The number of hydrogen-bond donors (Lipinski definition) is 0. The molecule has 3 atom stereocenters. The van der Waals surface area contributed by atoms with Gasteiger partial charge >= 0.3 is 0 Å². The Balaban J connectivity index is 1.75. The zero-order valence-corrected chi connectivity index (χ0v) is 18.8. The van der Waals surface area contributed by atoms with E-state index in [-0.39, 0.29) is 36.6 Å². The molecular formula is C25H38O4. The SMILES string of the molecule is COCO[C@@H]1C2CC/C(=C\CCC(C)(C)[C@@H]1OCOCc1ccccc1)C2(C)C. The van der Waals surface area contributed by atoms with E-state index in [4.69, 9.17) is 18.9 Å². The van der Waals surface area contributed by atoms with E-state index in [1.807, 2.05) is 18.2 Å². The van der Waals surface area contributed by atoms with Crippen LogP contribution in [0.4, 0.5) is 0 Å². The molecule has 0 radical (unpaired) electrons. The van der Waals surface area contributed by atoms with Gasteiger partial charge in [0.2, 0.25) is 0 Å². The van der Waals surface area contributed by atoms with Gasteiger partial charge in [0.05, 0.1) is 18.8 Å². The Morgan fingerprint density at radius 3 is 2.48 bits per heavy atom. The number of allylic oxidation sites excluding steroid dienone is 2. The van der Waals surface area contributed by atoms with Gasteiger partial charge in [-0.2, -0.15) is 0 Å². The number of benzene rings is 1. The molecule has 0 N–H and O–H groups in total. The first kappa shape index (κ1) is 22.5. The molecule has 2 aliphatic rings. The van der Waals surface area contributed by atoms with Crippen LogP contribution in [0.2, 0.25) is 0 Å². The highest BCUT2D eigenvalue weighted by molar-refractivity contribution is 5.22. The molecule has 162 valence electrons. The van der Waals surface area contributed by atoms with Crippen molar-refractivity contribution < 1.29 is 18.9 Å². The van der Waals surface area contributed by atoms with Crippen molar-refractivity contribution in [3.63, 3.8) is 0 Å². The molecule has 3 rings (SSSR count). The summed E-state index contributed by atoms with van der Waals surface area (Å²) in [5.74, 6) is 0.403. The maximum absolute atomic E-state index is 6.44. The van der Waals surface area contributed by atoms with E-state index in [1.165, 1.54) is 0 Å². The van der Waals surface area contributed by atoms with Crippen LogP contribution < -0.4 is 0 Å². The molecule has 4 heteroatoms. The Hall–Kier alpha value is -1.20. The van der Waals surface area contributed by atoms with Gasteiger partial charge in [-0.05, 0) is 48.0 Å². The molecule has 4 nitrogen and oxygen atoms in total. The molecule has 1 saturated carbocycles. The topological polar surface area (TPSA) is 36.9 Å². The summed E-state index contributed by atoms with van der Waals surface area (Å²) in [6.07, 6.45) is 6.84. The highest BCUT2D eigenvalue weighted by atomic mass is 16.7. The van der Waals surface area contributed by atoms with E-state index in [1.54, 1.807) is 12.7 Å². The van der Waals surface area contributed by atoms with Gasteiger partial charge < -0.3 is 18.9 Å². The second kappa shape index (κ2) is 9.74. The Morgan fingerprint density at radius 1 is 1.00 bits per heavy atom. The summed E-state index contributed by atoms with van der Waals surface area (Å²) in [5, 5.41) is 0. The largest absolute Gasteiger partial charge is 0.359 e. The standard InChI is InChI=1S/C25H38O4/c1-24(2)15-9-12-20-13-14-21(25(20,3)4)22(28-17-26-5)23(24)29-18-27-16-19-10-7-6-8-11-19/h6-8,10-12,21-23H,9,13-18H2,1-5H3/b20-12+/t21?,22-,23-/m1/s1. The van der Waals surface area contributed by atoms with Gasteiger partial charge in [-0.3, -0.25) is 0 Å². The molecule has 0 saturated heterocycles. The Labute approximate surface area is 176 Å². The average Bonchev–Trinajstić information content (AvgIpc) is 2.99. The number of fused-ring (bicyclic) bond motifs is 2. The van der Waals surface area contributed by atoms with Crippen molar-refractivity contribution in [1.29, 1.82) is 0 Å². The zero-order valence-electron chi connectivity index (χ0n) is 18.8. The van der Waals surface area contributed by atoms with Crippen molar-refractivity contribution in [2.45, 2.75) is 72.2 Å². The molecule has 1 fully saturated rings. The summed E-state index contributed by atoms with van der Waals surface area (Å²) in [6.45, 7) is 10.4. The van der Waals surface area contributed by atoms with Gasteiger partial charge in [0.15, 0.2) is 0 Å². The fraction of sp³-hybridized carbons (Fsp3) is 0.680. The van der Waals surface area contributed by atoms with Crippen molar-refractivity contribution in [2.75, 3.05) is 20.7 Å². The Bertz CT molecular complexity index is 665. The van der Waals surface area contributed by atoms with E-state index >= 15 is 0 Å². The van der Waals surface area contributed by atoms with E-state index in [2.05, 4.69) is 45.9 Å². The summed E-state index contributed by atoms with van der Waals surface area (Å²) in [5.41, 5.74) is 2.82. The lowest BCUT2D eigenvalue weighted by molar-refractivity contribution is -0.213. The highest BCUT2D eigenvalue weighted by Crippen LogP contribution is 2.53. The Kier molecular flexibility index (Phi) is 7.55. The number of hydrogen-bond acceptors (Lipinski definition) is 4. The molecule has 0 amide bonds. The predicted octanol–water partition coefficient (Wildman–Crippen LogP) is 5.72. The first-order chi connectivity index (χ1) is 13.9. The van der Waals surface area contributed by atoms with Crippen LogP contribution in [-0.4, -0.2) is 32.9 Å². The monoisotopic (exact) mass is 402 g/mol. The molecule has 0 aromatic heterocycles. The maximum Gasteiger partial charge on any atom is 0.147 e. The first-order valence-electron chi connectivity index (χ1n) is 10.9. The van der Waals surface area contributed by atoms with Crippen molar-refractivity contribution in [3.8, 4) is 0 Å². The summed E-state index contributed by atoms with van der Waals surface area (Å²) in [7, 11) is 1.68. The van der Waals surface area contributed by atoms with Crippen molar-refractivity contribution in [2.24, 2.45) is 16.7 Å². The van der Waals surface area contributed by atoms with Crippen LogP contribution in [0.1, 0.15) is 58.9 Å². The van der Waals surface area contributed by atoms with Crippen LogP contribution in [0, 0.1) is 16.7 Å². The average molecular weight is 403 g/mol. The van der Waals surface area contributed by atoms with Gasteiger partial charge in [-0.25, -0.2) is 0 Å². The molecule has 0 spiro atoms. The minimum absolute atomic E-state index is 0.0217. The van der Waals surface area contributed by atoms with Crippen molar-refractivity contribution >= 4 is 0 Å². The molecule has 0 aliphatic heterocycles. The normalized spacial score (nSPS) is 30.1. The highest BCUT2D eigenvalue weighted by Gasteiger charge is 2.50. The summed E-state index contributed by atoms with van der Waals surface area (Å²) in [4.78, 5) is 0. The van der Waals surface area contributed by atoms with Crippen LogP contribution in [0.25, 0.3) is 0 Å². The molecule has 2 bridgehead atoms. The van der Waals surface area contributed by atoms with Crippen LogP contribution in [0.3, 0.4) is 0 Å². The maximum atomic E-state index is 6.44. The molecule has 1 aromatic rings. The summed E-state index contributed by atoms with van der Waals surface area (Å²) >= 11 is 0. The van der Waals surface area contributed by atoms with Crippen molar-refractivity contribution in [1.82, 2.24) is 0 Å². The summed E-state index contributed by atoms with van der Waals surface area (Å²) < 4.78 is 23.9. The van der Waals surface area contributed by atoms with E-state index < -0.39 is 0 Å². The third-order valence-corrected chi connectivity index (χ3v) is 6.94. The molecule has 1 aromatic carbocycles. The summed E-state index contributed by atoms with van der Waals surface area (Å²) in [6, 6.07) is 10.2. The van der Waals surface area contributed by atoms with Gasteiger partial charge in [-0.1, -0.05) is 69.7 Å². The minimum atomic E-state index is -0.0523. The van der Waals surface area contributed by atoms with Crippen LogP contribution in [0.5, 0.6) is 0 Å². The second-order valence-electron chi connectivity index (χ2n) is 9.70. The Morgan fingerprint density at radius 2 is 1.76 bits per heavy atom. The van der Waals surface area contributed by atoms with Gasteiger partial charge in [0.25, 0.3) is 0 Å². The van der Waals surface area contributed by atoms with E-state index in [0.29, 0.717) is 12.5 Å². The lowest BCUT2D eigenvalue weighted by Gasteiger charge is -2.43. The van der Waals surface area contributed by atoms with E-state index in [9.17, 15) is 0 Å². The minimum Gasteiger partial charge on any atom is -0.359 e. The molecule has 29 heavy (non-hydrogen) atoms. The quantitative estimate of drug-likeness (QED) is 0.317. The molecule has 2 aliphatic carbocycles. The van der Waals surface area contributed by atoms with Crippen molar-refractivity contribution in [3.05, 3.63) is 47.5 Å². The zero-order chi connectivity index (χ0) is 20.9. The van der Waals surface area contributed by atoms with Crippen LogP contribution in [-0.2, 0) is 25.6 Å². The number of ether oxygens (including phenoxy) is 4. The lowest BCUT2D eigenvalue weighted by atomic mass is 9.71.